The molecule has 0 bridgehead atoms. The van der Waals surface area contributed by atoms with Gasteiger partial charge in [0.05, 0.1) is 6.61 Å². The molecule has 1 aromatic rings. The van der Waals surface area contributed by atoms with Crippen LogP contribution in [0.5, 0.6) is 0 Å². The van der Waals surface area contributed by atoms with Gasteiger partial charge in [0.2, 0.25) is 0 Å². The number of alkyl halides is 1. The topological polar surface area (TPSA) is 294 Å². The Hall–Kier alpha value is -1.90. The summed E-state index contributed by atoms with van der Waals surface area (Å²) in [5, 5.41) is 48.4. The molecule has 11 atom stereocenters. The molecule has 0 aromatic carbocycles. The van der Waals surface area contributed by atoms with E-state index in [2.05, 4.69) is 18.1 Å². The molecule has 2 aliphatic heterocycles. The van der Waals surface area contributed by atoms with Gasteiger partial charge in [-0.2, -0.15) is 4.31 Å². The molecule has 0 spiro atoms. The summed E-state index contributed by atoms with van der Waals surface area (Å²) in [6, 6.07) is 0.903. The molecule has 3 rings (SSSR count). The number of nitrogens with one attached hydrogen (secondary N) is 1. The number of nitrogens with zero attached hydrogens (tertiary/aromatic N) is 1. The number of aliphatic hydroxyl groups is 4. The van der Waals surface area contributed by atoms with Crippen LogP contribution in [0.2, 0.25) is 0 Å². The maximum Gasteiger partial charge on any atom is 0.483 e. The van der Waals surface area contributed by atoms with E-state index >= 15 is 0 Å². The predicted octanol–water partition coefficient (Wildman–Crippen LogP) is -3.72. The predicted molar refractivity (Wildman–Crippen MR) is 108 cm³/mol. The van der Waals surface area contributed by atoms with Crippen molar-refractivity contribution in [2.24, 2.45) is 0 Å². The highest BCUT2D eigenvalue weighted by Crippen LogP contribution is 2.61. The van der Waals surface area contributed by atoms with Crippen LogP contribution in [-0.2, 0) is 36.8 Å². The second-order valence-corrected chi connectivity index (χ2v) is 10.7. The van der Waals surface area contributed by atoms with Crippen molar-refractivity contribution in [3.8, 4) is 0 Å². The van der Waals surface area contributed by atoms with Crippen LogP contribution in [0.1, 0.15) is 6.23 Å². The van der Waals surface area contributed by atoms with E-state index < -0.39 is 94.8 Å². The number of phosphoric ester groups is 2. The molecule has 2 saturated heterocycles. The van der Waals surface area contributed by atoms with Crippen molar-refractivity contribution < 1.29 is 76.5 Å². The number of aromatic amines is 1. The van der Waals surface area contributed by atoms with E-state index in [1.54, 1.807) is 0 Å². The molecule has 37 heavy (non-hydrogen) atoms. The van der Waals surface area contributed by atoms with E-state index in [1.165, 1.54) is 0 Å². The first kappa shape index (κ1) is 29.7. The molecule has 0 saturated carbocycles. The van der Waals surface area contributed by atoms with Gasteiger partial charge in [0, 0.05) is 12.3 Å². The Morgan fingerprint density at radius 3 is 2.30 bits per heavy atom. The Balaban J connectivity index is 1.63. The van der Waals surface area contributed by atoms with Crippen molar-refractivity contribution in [3.63, 3.8) is 0 Å². The monoisotopic (exact) mass is 582 g/mol. The van der Waals surface area contributed by atoms with E-state index in [0.29, 0.717) is 4.57 Å². The second-order valence-electron chi connectivity index (χ2n) is 7.67. The first-order valence-electron chi connectivity index (χ1n) is 9.94. The van der Waals surface area contributed by atoms with Crippen LogP contribution < -0.4 is 11.2 Å². The fourth-order valence-electron chi connectivity index (χ4n) is 3.31. The number of ether oxygens (including phenoxy) is 2. The lowest BCUT2D eigenvalue weighted by molar-refractivity contribution is -0.263. The van der Waals surface area contributed by atoms with Gasteiger partial charge < -0.3 is 44.8 Å². The number of halogens is 1. The van der Waals surface area contributed by atoms with E-state index in [1.807, 2.05) is 4.98 Å². The minimum atomic E-state index is -5.76. The molecule has 2 unspecified atom stereocenters. The lowest BCUT2D eigenvalue weighted by atomic mass is 10.0. The van der Waals surface area contributed by atoms with Gasteiger partial charge in [-0.3, -0.25) is 23.4 Å². The Labute approximate surface area is 203 Å². The number of hydrogen-bond acceptors (Lipinski definition) is 14. The summed E-state index contributed by atoms with van der Waals surface area (Å²) in [6.45, 7) is -1.09. The Morgan fingerprint density at radius 1 is 1.05 bits per heavy atom. The SMILES string of the molecule is O=C(O)[C@H]1O[C@H](OP(=O)(O)OP(=O)(O)OC[C@H]2O[C@@H](n3ccc(=O)[nH]c3=O)[C@H](O)[C@@H]2O)[C@H](O)[C@@H](O)[C@@H]1F. The summed E-state index contributed by atoms with van der Waals surface area (Å²) in [5.74, 6) is -1.98. The van der Waals surface area contributed by atoms with Gasteiger partial charge in [0.15, 0.2) is 24.8 Å². The molecule has 210 valence electrons. The highest BCUT2D eigenvalue weighted by molar-refractivity contribution is 7.61. The number of aliphatic hydroxyl groups excluding tert-OH is 4. The van der Waals surface area contributed by atoms with Gasteiger partial charge in [0.25, 0.3) is 5.56 Å². The summed E-state index contributed by atoms with van der Waals surface area (Å²) in [4.78, 5) is 55.4. The molecule has 8 N–H and O–H groups in total. The molecular formula is C15H21FN2O17P2. The number of carbonyl (C=O) groups is 1. The molecule has 0 amide bonds. The normalized spacial score (nSPS) is 37.5. The fraction of sp³-hybridized carbons (Fsp3) is 0.667. The third-order valence-corrected chi connectivity index (χ3v) is 7.68. The molecule has 0 radical (unpaired) electrons. The molecule has 3 heterocycles. The third-order valence-electron chi connectivity index (χ3n) is 5.08. The largest absolute Gasteiger partial charge is 0.483 e. The quantitative estimate of drug-likeness (QED) is 0.130. The smallest absolute Gasteiger partial charge is 0.479 e. The molecule has 0 aliphatic carbocycles. The van der Waals surface area contributed by atoms with Crippen LogP contribution in [-0.4, -0.2) is 107 Å². The van der Waals surface area contributed by atoms with E-state index in [-0.39, 0.29) is 0 Å². The van der Waals surface area contributed by atoms with Crippen molar-refractivity contribution in [3.05, 3.63) is 33.1 Å². The zero-order valence-corrected chi connectivity index (χ0v) is 19.8. The molecule has 19 nitrogen and oxygen atoms in total. The van der Waals surface area contributed by atoms with Crippen molar-refractivity contribution in [2.45, 2.75) is 55.3 Å². The van der Waals surface area contributed by atoms with Gasteiger partial charge in [-0.05, 0) is 0 Å². The minimum Gasteiger partial charge on any atom is -0.479 e. The van der Waals surface area contributed by atoms with E-state index in [4.69, 9.17) is 9.84 Å². The van der Waals surface area contributed by atoms with Crippen LogP contribution in [0.25, 0.3) is 0 Å². The van der Waals surface area contributed by atoms with Gasteiger partial charge in [-0.1, -0.05) is 0 Å². The van der Waals surface area contributed by atoms with Crippen molar-refractivity contribution in [1.29, 1.82) is 0 Å². The Kier molecular flexibility index (Phi) is 8.87. The van der Waals surface area contributed by atoms with Crippen molar-refractivity contribution >= 4 is 21.6 Å². The first-order chi connectivity index (χ1) is 17.0. The van der Waals surface area contributed by atoms with Crippen LogP contribution >= 0.6 is 15.6 Å². The fourth-order valence-corrected chi connectivity index (χ4v) is 5.46. The second kappa shape index (κ2) is 11.1. The zero-order valence-electron chi connectivity index (χ0n) is 18.0. The average Bonchev–Trinajstić information content (AvgIpc) is 3.05. The lowest BCUT2D eigenvalue weighted by Gasteiger charge is -2.37. The number of aromatic nitrogens is 2. The van der Waals surface area contributed by atoms with Gasteiger partial charge in [0.1, 0.15) is 30.5 Å². The number of carboxylic acids is 1. The first-order valence-corrected chi connectivity index (χ1v) is 12.9. The molecule has 2 fully saturated rings. The number of rotatable bonds is 9. The number of phosphoric acid groups is 2. The van der Waals surface area contributed by atoms with Crippen molar-refractivity contribution in [1.82, 2.24) is 9.55 Å². The summed E-state index contributed by atoms with van der Waals surface area (Å²) in [6.07, 6.45) is -18.4. The van der Waals surface area contributed by atoms with Crippen molar-refractivity contribution in [2.75, 3.05) is 6.61 Å². The number of aliphatic carboxylic acids is 1. The summed E-state index contributed by atoms with van der Waals surface area (Å²) < 4.78 is 61.1. The lowest BCUT2D eigenvalue weighted by Crippen LogP contribution is -2.58. The van der Waals surface area contributed by atoms with Crippen LogP contribution in [0, 0.1) is 0 Å². The van der Waals surface area contributed by atoms with Crippen LogP contribution in [0.15, 0.2) is 21.9 Å². The highest BCUT2D eigenvalue weighted by atomic mass is 31.3. The Bertz CT molecular complexity index is 1210. The van der Waals surface area contributed by atoms with E-state index in [9.17, 15) is 58.1 Å². The summed E-state index contributed by atoms with van der Waals surface area (Å²) in [5.41, 5.74) is -1.80. The number of hydrogen-bond donors (Lipinski definition) is 8. The summed E-state index contributed by atoms with van der Waals surface area (Å²) in [7, 11) is -11.4. The molecular weight excluding hydrogens is 561 g/mol. The highest BCUT2D eigenvalue weighted by Gasteiger charge is 2.52. The summed E-state index contributed by atoms with van der Waals surface area (Å²) >= 11 is 0. The van der Waals surface area contributed by atoms with Gasteiger partial charge in [-0.15, -0.1) is 0 Å². The minimum absolute atomic E-state index is 0.691. The zero-order chi connectivity index (χ0) is 27.9. The Morgan fingerprint density at radius 2 is 1.70 bits per heavy atom. The molecule has 1 aromatic heterocycles. The van der Waals surface area contributed by atoms with Gasteiger partial charge >= 0.3 is 27.3 Å². The molecule has 2 aliphatic rings. The average molecular weight is 582 g/mol. The maximum atomic E-state index is 13.8. The van der Waals surface area contributed by atoms with E-state index in [0.717, 1.165) is 12.3 Å². The number of carboxylic acid groups (broad SMARTS) is 1. The molecule has 22 heteroatoms. The maximum absolute atomic E-state index is 13.8. The third kappa shape index (κ3) is 6.76. The number of H-pyrrole nitrogens is 1. The van der Waals surface area contributed by atoms with Gasteiger partial charge in [-0.25, -0.2) is 23.1 Å². The van der Waals surface area contributed by atoms with Crippen LogP contribution in [0.4, 0.5) is 4.39 Å². The van der Waals surface area contributed by atoms with Crippen LogP contribution in [0.3, 0.4) is 0 Å². The standard InChI is InChI=1S/C15H21FN2O17P2/c16-6-8(21)10(23)14(33-11(6)13(24)25)34-37(29,30)35-36(27,28)31-3-4-7(20)9(22)12(32-4)18-2-1-5(19)17-15(18)26/h1-2,4,6-12,14,20-23H,3H2,(H,24,25)(H,27,28)(H,29,30)(H,17,19,26)/t4-,6+,7-,8+,9-,10-,11+,12-,14-/m1/s1.